The monoisotopic (exact) mass is 734 g/mol. The molecule has 2 atom stereocenters. The Kier molecular flexibility index (Phi) is 11.7. The summed E-state index contributed by atoms with van der Waals surface area (Å²) in [6.07, 6.45) is 3.17. The van der Waals surface area contributed by atoms with Crippen LogP contribution in [-0.4, -0.2) is 75.6 Å². The molecule has 4 aromatic rings. The Morgan fingerprint density at radius 2 is 1.78 bits per heavy atom. The van der Waals surface area contributed by atoms with Gasteiger partial charge in [-0.2, -0.15) is 13.9 Å². The Morgan fingerprint density at radius 1 is 1.10 bits per heavy atom. The van der Waals surface area contributed by atoms with E-state index < -0.39 is 35.3 Å². The molecule has 1 saturated heterocycles. The molecule has 1 unspecified atom stereocenters. The molecule has 50 heavy (non-hydrogen) atoms. The van der Waals surface area contributed by atoms with E-state index in [1.54, 1.807) is 6.92 Å². The molecule has 13 nitrogen and oxygen atoms in total. The van der Waals surface area contributed by atoms with Gasteiger partial charge in [0.25, 0.3) is 11.8 Å². The number of pyridine rings is 1. The Bertz CT molecular complexity index is 1870. The number of hydrogen-bond donors (Lipinski definition) is 2. The van der Waals surface area contributed by atoms with Crippen LogP contribution in [0.5, 0.6) is 0 Å². The molecule has 2 aliphatic heterocycles. The summed E-state index contributed by atoms with van der Waals surface area (Å²) >= 11 is 2.36. The van der Waals surface area contributed by atoms with Crippen molar-refractivity contribution >= 4 is 57.6 Å². The molecule has 6 rings (SSSR count). The van der Waals surface area contributed by atoms with Crippen molar-refractivity contribution in [2.45, 2.75) is 31.0 Å². The highest BCUT2D eigenvalue weighted by Gasteiger charge is 2.55. The number of anilines is 2. The quantitative estimate of drug-likeness (QED) is 0.0663. The minimum Gasteiger partial charge on any atom is -1.00 e. The zero-order valence-corrected chi connectivity index (χ0v) is 29.8. The molecule has 4 heterocycles. The van der Waals surface area contributed by atoms with E-state index in [0.29, 0.717) is 17.9 Å². The van der Waals surface area contributed by atoms with Crippen LogP contribution in [0.15, 0.2) is 102 Å². The average Bonchev–Trinajstić information content (AvgIpc) is 3.55. The van der Waals surface area contributed by atoms with E-state index in [0.717, 1.165) is 28.3 Å². The lowest BCUT2D eigenvalue weighted by Crippen LogP contribution is -3.00. The van der Waals surface area contributed by atoms with Gasteiger partial charge in [0.15, 0.2) is 30.2 Å². The van der Waals surface area contributed by atoms with Gasteiger partial charge in [-0.25, -0.2) is 4.79 Å². The molecule has 2 aliphatic rings. The second kappa shape index (κ2) is 16.1. The van der Waals surface area contributed by atoms with Gasteiger partial charge >= 0.3 is 5.97 Å². The Morgan fingerprint density at radius 3 is 2.38 bits per heavy atom. The Balaban J connectivity index is 0.00000486. The highest BCUT2D eigenvalue weighted by Crippen LogP contribution is 2.42. The molecule has 2 amide bonds. The van der Waals surface area contributed by atoms with Crippen LogP contribution in [0, 0.1) is 0 Å². The van der Waals surface area contributed by atoms with E-state index in [4.69, 9.17) is 15.3 Å². The molecule has 3 N–H and O–H groups in total. The second-order valence-corrected chi connectivity index (χ2v) is 13.3. The number of fused-ring (bicyclic) bond motifs is 1. The van der Waals surface area contributed by atoms with Crippen molar-refractivity contribution in [3.63, 3.8) is 0 Å². The van der Waals surface area contributed by atoms with Crippen molar-refractivity contribution in [1.82, 2.24) is 19.6 Å². The second-order valence-electron chi connectivity index (χ2n) is 11.4. The van der Waals surface area contributed by atoms with Crippen LogP contribution in [0.3, 0.4) is 0 Å². The molecule has 2 aromatic heterocycles. The number of nitrogens with zero attached hydrogens (tertiary/aromatic N) is 6. The molecule has 0 saturated carbocycles. The Hall–Kier alpha value is -4.99. The fraction of sp³-hybridized carbons (Fsp3) is 0.265. The predicted octanol–water partition coefficient (Wildman–Crippen LogP) is -0.0946. The smallest absolute Gasteiger partial charge is 0.356 e. The summed E-state index contributed by atoms with van der Waals surface area (Å²) in [5.41, 5.74) is 8.96. The van der Waals surface area contributed by atoms with Crippen LogP contribution in [0.25, 0.3) is 0 Å². The number of halogens is 1. The van der Waals surface area contributed by atoms with Gasteiger partial charge in [0.05, 0.1) is 0 Å². The third-order valence-electron chi connectivity index (χ3n) is 7.84. The number of aromatic nitrogens is 3. The number of thioether (sulfide) groups is 1. The number of benzene rings is 2. The number of amides is 2. The van der Waals surface area contributed by atoms with Crippen molar-refractivity contribution in [1.29, 1.82) is 0 Å². The third kappa shape index (κ3) is 7.74. The van der Waals surface area contributed by atoms with Gasteiger partial charge in [-0.1, -0.05) is 65.8 Å². The van der Waals surface area contributed by atoms with E-state index in [9.17, 15) is 14.4 Å². The van der Waals surface area contributed by atoms with Crippen LogP contribution in [0.4, 0.5) is 10.8 Å². The van der Waals surface area contributed by atoms with Gasteiger partial charge in [0.1, 0.15) is 29.4 Å². The summed E-state index contributed by atoms with van der Waals surface area (Å²) in [6.45, 7) is 2.26. The molecular formula is C34H35ClN8O5S2. The lowest BCUT2D eigenvalue weighted by molar-refractivity contribution is -0.688. The lowest BCUT2D eigenvalue weighted by Gasteiger charge is -2.49. The highest BCUT2D eigenvalue weighted by atomic mass is 35.5. The fourth-order valence-electron chi connectivity index (χ4n) is 5.49. The van der Waals surface area contributed by atoms with Gasteiger partial charge in [-0.3, -0.25) is 14.5 Å². The topological polar surface area (TPSA) is 156 Å². The van der Waals surface area contributed by atoms with Gasteiger partial charge in [0.2, 0.25) is 11.5 Å². The Labute approximate surface area is 303 Å². The maximum Gasteiger partial charge on any atom is 0.356 e. The van der Waals surface area contributed by atoms with E-state index in [-0.39, 0.29) is 41.4 Å². The first-order valence-electron chi connectivity index (χ1n) is 15.5. The molecule has 1 fully saturated rings. The van der Waals surface area contributed by atoms with Gasteiger partial charge in [0, 0.05) is 43.0 Å². The van der Waals surface area contributed by atoms with Crippen LogP contribution >= 0.6 is 23.3 Å². The molecule has 260 valence electrons. The zero-order chi connectivity index (χ0) is 34.5. The van der Waals surface area contributed by atoms with E-state index in [1.165, 1.54) is 16.7 Å². The maximum atomic E-state index is 14.4. The number of ether oxygens (including phenoxy) is 1. The summed E-state index contributed by atoms with van der Waals surface area (Å²) < 4.78 is 12.3. The number of nitrogens with one attached hydrogen (secondary N) is 1. The van der Waals surface area contributed by atoms with Crippen LogP contribution in [0.2, 0.25) is 0 Å². The number of carbonyl (C=O) groups is 3. The number of β-lactam (4-membered cyclic amide) rings is 1. The van der Waals surface area contributed by atoms with E-state index >= 15 is 0 Å². The normalized spacial score (nSPS) is 17.0. The van der Waals surface area contributed by atoms with Crippen molar-refractivity contribution < 1.29 is 40.9 Å². The summed E-state index contributed by atoms with van der Waals surface area (Å²) in [5.74, 6) is -1.39. The van der Waals surface area contributed by atoms with Crippen LogP contribution < -0.4 is 32.9 Å². The number of nitrogen functional groups attached to an aromatic ring is 1. The van der Waals surface area contributed by atoms with Crippen molar-refractivity contribution in [3.05, 3.63) is 113 Å². The summed E-state index contributed by atoms with van der Waals surface area (Å²) in [4.78, 5) is 54.3. The minimum absolute atomic E-state index is 0. The summed E-state index contributed by atoms with van der Waals surface area (Å²) in [6, 6.07) is 21.9. The van der Waals surface area contributed by atoms with Gasteiger partial charge in [-0.05, 0) is 24.1 Å². The SMILES string of the molecule is CCON=C(C(=O)NC1C(=O)N2C(C(=O)OC(c3ccccc3)c3ccccc3)=C(C[n+]3cccc(N(C)C)c3)CS[C@@H]12)c1nsc(N)n1.[Cl-]. The minimum atomic E-state index is -0.951. The van der Waals surface area contributed by atoms with Crippen molar-refractivity contribution in [2.75, 3.05) is 37.1 Å². The fourth-order valence-corrected chi connectivity index (χ4v) is 7.26. The molecule has 0 spiro atoms. The molecule has 16 heteroatoms. The zero-order valence-electron chi connectivity index (χ0n) is 27.4. The van der Waals surface area contributed by atoms with Crippen molar-refractivity contribution in [2.24, 2.45) is 5.16 Å². The third-order valence-corrected chi connectivity index (χ3v) is 9.72. The lowest BCUT2D eigenvalue weighted by atomic mass is 10.0. The number of oxime groups is 1. The first-order chi connectivity index (χ1) is 23.7. The maximum absolute atomic E-state index is 14.4. The number of carbonyl (C=O) groups excluding carboxylic acids is 3. The van der Waals surface area contributed by atoms with Crippen LogP contribution in [0.1, 0.15) is 30.0 Å². The largest absolute Gasteiger partial charge is 1.00 e. The molecule has 0 radical (unpaired) electrons. The number of nitrogens with two attached hydrogens (primary N) is 1. The molecule has 2 aromatic carbocycles. The van der Waals surface area contributed by atoms with Gasteiger partial charge in [-0.15, -0.1) is 11.8 Å². The average molecular weight is 735 g/mol. The van der Waals surface area contributed by atoms with Crippen molar-refractivity contribution in [3.8, 4) is 0 Å². The summed E-state index contributed by atoms with van der Waals surface area (Å²) in [5, 5.41) is 6.22. The predicted molar refractivity (Wildman–Crippen MR) is 186 cm³/mol. The first-order valence-corrected chi connectivity index (χ1v) is 17.3. The number of hydrogen-bond acceptors (Lipinski definition) is 12. The van der Waals surface area contributed by atoms with Crippen LogP contribution in [-0.2, 0) is 30.5 Å². The standard InChI is InChI=1S/C34H34N8O5S2.ClH/c1-4-46-38-25(29-37-34(35)49-39-29)30(43)36-26-31(44)42-27(23(20-48-32(26)42)18-41-17-11-16-24(19-41)40(2)3)33(45)47-28(21-12-7-5-8-13-21)22-14-9-6-10-15-22;/h5-17,19,26,28,32H,4,18,20H2,1-3H3,(H2-,35,36,37,39,43);1H/t26?,32-;/m0./s1. The van der Waals surface area contributed by atoms with E-state index in [2.05, 4.69) is 19.8 Å². The highest BCUT2D eigenvalue weighted by molar-refractivity contribution is 8.00. The van der Waals surface area contributed by atoms with Gasteiger partial charge < -0.3 is 37.9 Å². The number of esters is 1. The first kappa shape index (κ1) is 36.3. The van der Waals surface area contributed by atoms with E-state index in [1.807, 2.05) is 109 Å². The molecule has 0 aliphatic carbocycles. The summed E-state index contributed by atoms with van der Waals surface area (Å²) in [7, 11) is 3.90. The molecular weight excluding hydrogens is 700 g/mol. The molecule has 0 bridgehead atoms. The number of rotatable bonds is 12.